The number of amides is 1. The standard InChI is InChI=1S/C20H23N3O2/c1-14-21-10-12-23(14)11-4-7-19(24)22-20(15-8-9-15)18-13-16-5-2-3-6-17(16)25-18/h2-3,5-6,10,12-13,15,20H,4,7-9,11H2,1H3,(H,22,24)/t20-/m0/s1. The number of hydrogen-bond acceptors (Lipinski definition) is 3. The number of nitrogens with one attached hydrogen (secondary N) is 1. The monoisotopic (exact) mass is 337 g/mol. The smallest absolute Gasteiger partial charge is 0.220 e. The topological polar surface area (TPSA) is 60.1 Å². The molecule has 2 aromatic heterocycles. The van der Waals surface area contributed by atoms with Crippen LogP contribution in [-0.2, 0) is 11.3 Å². The highest BCUT2D eigenvalue weighted by atomic mass is 16.3. The first-order chi connectivity index (χ1) is 12.2. The number of fused-ring (bicyclic) bond motifs is 1. The van der Waals surface area contributed by atoms with Crippen LogP contribution in [-0.4, -0.2) is 15.5 Å². The first-order valence-electron chi connectivity index (χ1n) is 8.96. The lowest BCUT2D eigenvalue weighted by atomic mass is 10.1. The van der Waals surface area contributed by atoms with Crippen LogP contribution in [0.1, 0.15) is 43.3 Å². The van der Waals surface area contributed by atoms with Gasteiger partial charge >= 0.3 is 0 Å². The minimum atomic E-state index is -0.00474. The van der Waals surface area contributed by atoms with Gasteiger partial charge in [0.25, 0.3) is 0 Å². The number of carbonyl (C=O) groups is 1. The van der Waals surface area contributed by atoms with Crippen LogP contribution >= 0.6 is 0 Å². The molecule has 1 aliphatic carbocycles. The SMILES string of the molecule is Cc1nccn1CCCC(=O)N[C@H](c1cc2ccccc2o1)C1CC1. The third kappa shape index (κ3) is 3.60. The van der Waals surface area contributed by atoms with Crippen molar-refractivity contribution in [3.63, 3.8) is 0 Å². The zero-order valence-corrected chi connectivity index (χ0v) is 14.4. The maximum Gasteiger partial charge on any atom is 0.220 e. The minimum Gasteiger partial charge on any atom is -0.459 e. The number of furan rings is 1. The molecule has 0 bridgehead atoms. The number of nitrogens with zero attached hydrogens (tertiary/aromatic N) is 2. The highest BCUT2D eigenvalue weighted by molar-refractivity contribution is 5.79. The lowest BCUT2D eigenvalue weighted by Crippen LogP contribution is -2.29. The molecule has 4 rings (SSSR count). The van der Waals surface area contributed by atoms with Gasteiger partial charge in [-0.05, 0) is 44.2 Å². The quantitative estimate of drug-likeness (QED) is 0.709. The Morgan fingerprint density at radius 3 is 2.96 bits per heavy atom. The van der Waals surface area contributed by atoms with Gasteiger partial charge in [-0.15, -0.1) is 0 Å². The molecule has 1 fully saturated rings. The second-order valence-corrected chi connectivity index (χ2v) is 6.84. The molecule has 130 valence electrons. The molecular formula is C20H23N3O2. The van der Waals surface area contributed by atoms with Gasteiger partial charge in [-0.3, -0.25) is 4.79 Å². The Balaban J connectivity index is 1.38. The Morgan fingerprint density at radius 2 is 2.24 bits per heavy atom. The van der Waals surface area contributed by atoms with Gasteiger partial charge in [0.1, 0.15) is 17.2 Å². The summed E-state index contributed by atoms with van der Waals surface area (Å²) in [6.45, 7) is 2.79. The molecule has 3 aromatic rings. The Labute approximate surface area is 147 Å². The van der Waals surface area contributed by atoms with Crippen molar-refractivity contribution in [1.29, 1.82) is 0 Å². The van der Waals surface area contributed by atoms with E-state index in [1.807, 2.05) is 37.4 Å². The van der Waals surface area contributed by atoms with Gasteiger partial charge in [0.15, 0.2) is 0 Å². The fourth-order valence-corrected chi connectivity index (χ4v) is 3.30. The molecule has 1 amide bonds. The van der Waals surface area contributed by atoms with E-state index < -0.39 is 0 Å². The van der Waals surface area contributed by atoms with Crippen LogP contribution in [0.4, 0.5) is 0 Å². The summed E-state index contributed by atoms with van der Waals surface area (Å²) in [5.41, 5.74) is 0.882. The van der Waals surface area contributed by atoms with Crippen molar-refractivity contribution in [3.8, 4) is 0 Å². The maximum absolute atomic E-state index is 12.4. The molecule has 1 N–H and O–H groups in total. The number of benzene rings is 1. The summed E-state index contributed by atoms with van der Waals surface area (Å²) in [7, 11) is 0. The Kier molecular flexibility index (Phi) is 4.30. The van der Waals surface area contributed by atoms with Crippen molar-refractivity contribution in [3.05, 3.63) is 54.3 Å². The summed E-state index contributed by atoms with van der Waals surface area (Å²) in [5, 5.41) is 4.28. The molecule has 0 saturated heterocycles. The highest BCUT2D eigenvalue weighted by Gasteiger charge is 2.35. The van der Waals surface area contributed by atoms with Crippen molar-refractivity contribution in [1.82, 2.24) is 14.9 Å². The molecule has 2 heterocycles. The molecule has 1 aromatic carbocycles. The maximum atomic E-state index is 12.4. The van der Waals surface area contributed by atoms with Gasteiger partial charge < -0.3 is 14.3 Å². The van der Waals surface area contributed by atoms with E-state index >= 15 is 0 Å². The predicted molar refractivity (Wildman–Crippen MR) is 96.0 cm³/mol. The average Bonchev–Trinajstić information content (AvgIpc) is 3.23. The van der Waals surface area contributed by atoms with Gasteiger partial charge in [0.2, 0.25) is 5.91 Å². The van der Waals surface area contributed by atoms with Gasteiger partial charge in [0, 0.05) is 30.7 Å². The second kappa shape index (κ2) is 6.75. The summed E-state index contributed by atoms with van der Waals surface area (Å²) in [6.07, 6.45) is 7.36. The van der Waals surface area contributed by atoms with Crippen LogP contribution in [0.25, 0.3) is 11.0 Å². The van der Waals surface area contributed by atoms with Gasteiger partial charge in [-0.1, -0.05) is 18.2 Å². The van der Waals surface area contributed by atoms with Crippen LogP contribution in [0.5, 0.6) is 0 Å². The zero-order chi connectivity index (χ0) is 17.2. The largest absolute Gasteiger partial charge is 0.459 e. The first-order valence-corrected chi connectivity index (χ1v) is 8.96. The van der Waals surface area contributed by atoms with Crippen molar-refractivity contribution >= 4 is 16.9 Å². The van der Waals surface area contributed by atoms with Crippen LogP contribution in [0, 0.1) is 12.8 Å². The van der Waals surface area contributed by atoms with E-state index in [4.69, 9.17) is 4.42 Å². The molecule has 5 heteroatoms. The first kappa shape index (κ1) is 15.9. The van der Waals surface area contributed by atoms with Crippen molar-refractivity contribution in [2.24, 2.45) is 5.92 Å². The Hall–Kier alpha value is -2.56. The second-order valence-electron chi connectivity index (χ2n) is 6.84. The fraction of sp³-hybridized carbons (Fsp3) is 0.400. The Bertz CT molecular complexity index is 843. The normalized spacial score (nSPS) is 15.4. The number of imidazole rings is 1. The van der Waals surface area contributed by atoms with Gasteiger partial charge in [-0.25, -0.2) is 4.98 Å². The third-order valence-corrected chi connectivity index (χ3v) is 4.89. The number of para-hydroxylation sites is 1. The van der Waals surface area contributed by atoms with E-state index in [1.165, 1.54) is 0 Å². The molecule has 1 saturated carbocycles. The van der Waals surface area contributed by atoms with E-state index in [0.717, 1.165) is 48.4 Å². The van der Waals surface area contributed by atoms with E-state index in [2.05, 4.69) is 20.9 Å². The Morgan fingerprint density at radius 1 is 1.40 bits per heavy atom. The molecule has 0 spiro atoms. The summed E-state index contributed by atoms with van der Waals surface area (Å²) in [5.74, 6) is 2.46. The number of carbonyl (C=O) groups excluding carboxylic acids is 1. The molecular weight excluding hydrogens is 314 g/mol. The van der Waals surface area contributed by atoms with Crippen LogP contribution in [0.2, 0.25) is 0 Å². The molecule has 5 nitrogen and oxygen atoms in total. The van der Waals surface area contributed by atoms with Crippen LogP contribution < -0.4 is 5.32 Å². The highest BCUT2D eigenvalue weighted by Crippen LogP contribution is 2.42. The summed E-state index contributed by atoms with van der Waals surface area (Å²) in [6, 6.07) is 10.0. The number of hydrogen-bond donors (Lipinski definition) is 1. The number of rotatable bonds is 7. The molecule has 0 aliphatic heterocycles. The lowest BCUT2D eigenvalue weighted by Gasteiger charge is -2.16. The molecule has 25 heavy (non-hydrogen) atoms. The summed E-state index contributed by atoms with van der Waals surface area (Å²) in [4.78, 5) is 16.6. The predicted octanol–water partition coefficient (Wildman–Crippen LogP) is 3.99. The van der Waals surface area contributed by atoms with Gasteiger partial charge in [-0.2, -0.15) is 0 Å². The average molecular weight is 337 g/mol. The molecule has 1 aliphatic rings. The fourth-order valence-electron chi connectivity index (χ4n) is 3.30. The van der Waals surface area contributed by atoms with Crippen molar-refractivity contribution in [2.45, 2.75) is 45.2 Å². The summed E-state index contributed by atoms with van der Waals surface area (Å²) >= 11 is 0. The van der Waals surface area contributed by atoms with E-state index in [9.17, 15) is 4.79 Å². The van der Waals surface area contributed by atoms with Crippen LogP contribution in [0.3, 0.4) is 0 Å². The molecule has 1 atom stereocenters. The van der Waals surface area contributed by atoms with Crippen molar-refractivity contribution < 1.29 is 9.21 Å². The molecule has 0 radical (unpaired) electrons. The van der Waals surface area contributed by atoms with Crippen LogP contribution in [0.15, 0.2) is 47.1 Å². The summed E-state index contributed by atoms with van der Waals surface area (Å²) < 4.78 is 8.06. The lowest BCUT2D eigenvalue weighted by molar-refractivity contribution is -0.122. The zero-order valence-electron chi connectivity index (χ0n) is 14.4. The molecule has 0 unspecified atom stereocenters. The van der Waals surface area contributed by atoms with E-state index in [-0.39, 0.29) is 11.9 Å². The van der Waals surface area contributed by atoms with E-state index in [0.29, 0.717) is 12.3 Å². The third-order valence-electron chi connectivity index (χ3n) is 4.89. The minimum absolute atomic E-state index is 0.00474. The number of aryl methyl sites for hydroxylation is 2. The van der Waals surface area contributed by atoms with E-state index in [1.54, 1.807) is 6.20 Å². The van der Waals surface area contributed by atoms with Crippen molar-refractivity contribution in [2.75, 3.05) is 0 Å². The van der Waals surface area contributed by atoms with Gasteiger partial charge in [0.05, 0.1) is 6.04 Å². The number of aromatic nitrogens is 2.